The summed E-state index contributed by atoms with van der Waals surface area (Å²) < 4.78 is 1.30. The molecule has 1 aromatic heterocycles. The fourth-order valence-electron chi connectivity index (χ4n) is 2.83. The molecule has 9 nitrogen and oxygen atoms in total. The molecule has 3 aromatic rings. The number of hydrogen-bond donors (Lipinski definition) is 2. The minimum Gasteiger partial charge on any atom is -0.291 e. The summed E-state index contributed by atoms with van der Waals surface area (Å²) in [6, 6.07) is 10.9. The van der Waals surface area contributed by atoms with Crippen LogP contribution in [-0.2, 0) is 0 Å². The Balaban J connectivity index is 2.05. The number of aromatic amines is 1. The molecule has 2 aromatic carbocycles. The van der Waals surface area contributed by atoms with E-state index < -0.39 is 16.4 Å². The van der Waals surface area contributed by atoms with Crippen molar-refractivity contribution in [1.29, 1.82) is 0 Å². The van der Waals surface area contributed by atoms with E-state index >= 15 is 0 Å². The Morgan fingerprint density at radius 3 is 2.59 bits per heavy atom. The summed E-state index contributed by atoms with van der Waals surface area (Å²) in [4.78, 5) is 35.9. The van der Waals surface area contributed by atoms with Gasteiger partial charge in [0.1, 0.15) is 5.56 Å². The Hall–Kier alpha value is -3.98. The molecule has 1 heterocycles. The lowest BCUT2D eigenvalue weighted by Gasteiger charge is -2.11. The molecule has 29 heavy (non-hydrogen) atoms. The predicted octanol–water partition coefficient (Wildman–Crippen LogP) is 0.855. The first-order valence-corrected chi connectivity index (χ1v) is 8.62. The van der Waals surface area contributed by atoms with E-state index in [0.29, 0.717) is 10.7 Å². The van der Waals surface area contributed by atoms with Gasteiger partial charge in [0, 0.05) is 12.3 Å². The van der Waals surface area contributed by atoms with Crippen molar-refractivity contribution in [2.24, 2.45) is 5.84 Å². The Morgan fingerprint density at radius 1 is 1.24 bits per heavy atom. The van der Waals surface area contributed by atoms with Gasteiger partial charge in [-0.15, -0.1) is 0 Å². The topological polar surface area (TPSA) is 127 Å². The molecule has 0 spiro atoms. The molecule has 0 aliphatic rings. The summed E-state index contributed by atoms with van der Waals surface area (Å²) in [5.74, 6) is 4.97. The van der Waals surface area contributed by atoms with Crippen molar-refractivity contribution in [3.8, 4) is 5.69 Å². The van der Waals surface area contributed by atoms with Gasteiger partial charge in [-0.3, -0.25) is 29.8 Å². The zero-order chi connectivity index (χ0) is 21.3. The normalized spacial score (nSPS) is 11.5. The van der Waals surface area contributed by atoms with Gasteiger partial charge < -0.3 is 0 Å². The zero-order valence-corrected chi connectivity index (χ0v) is 15.9. The van der Waals surface area contributed by atoms with E-state index in [-0.39, 0.29) is 21.8 Å². The minimum atomic E-state index is -0.824. The number of nitro benzene ring substituents is 1. The number of nitrogens with two attached hydrogens (primary N) is 1. The molecule has 148 valence electrons. The number of benzene rings is 2. The third kappa shape index (κ3) is 3.71. The van der Waals surface area contributed by atoms with Crippen molar-refractivity contribution < 1.29 is 9.72 Å². The Labute approximate surface area is 165 Å². The van der Waals surface area contributed by atoms with Crippen molar-refractivity contribution in [2.75, 3.05) is 0 Å². The summed E-state index contributed by atoms with van der Waals surface area (Å²) in [5, 5.41) is 15.0. The summed E-state index contributed by atoms with van der Waals surface area (Å²) in [5.41, 5.74) is 1.68. The highest BCUT2D eigenvalue weighted by Gasteiger charge is 2.22. The molecule has 0 radical (unpaired) electrons. The van der Waals surface area contributed by atoms with E-state index in [9.17, 15) is 19.7 Å². The fraction of sp³-hybridized carbons (Fsp3) is 0.100. The molecule has 0 saturated carbocycles. The number of aromatic nitrogens is 2. The number of para-hydroxylation sites is 1. The van der Waals surface area contributed by atoms with E-state index in [0.717, 1.165) is 17.3 Å². The van der Waals surface area contributed by atoms with Crippen LogP contribution in [0.1, 0.15) is 21.5 Å². The largest absolute Gasteiger partial charge is 0.291 e. The van der Waals surface area contributed by atoms with Crippen LogP contribution in [0.25, 0.3) is 18.5 Å². The highest BCUT2D eigenvalue weighted by Crippen LogP contribution is 2.18. The third-order valence-electron chi connectivity index (χ3n) is 4.59. The molecule has 9 heteroatoms. The van der Waals surface area contributed by atoms with E-state index in [2.05, 4.69) is 11.7 Å². The van der Waals surface area contributed by atoms with Crippen molar-refractivity contribution >= 4 is 24.4 Å². The van der Waals surface area contributed by atoms with Gasteiger partial charge in [0.05, 0.1) is 21.2 Å². The van der Waals surface area contributed by atoms with Crippen LogP contribution in [0.3, 0.4) is 0 Å². The van der Waals surface area contributed by atoms with E-state index in [1.165, 1.54) is 28.9 Å². The highest BCUT2D eigenvalue weighted by molar-refractivity contribution is 5.99. The molecule has 0 saturated heterocycles. The second-order valence-corrected chi connectivity index (χ2v) is 6.53. The maximum absolute atomic E-state index is 12.8. The number of nitrogens with zero attached hydrogens (tertiary/aromatic N) is 3. The van der Waals surface area contributed by atoms with E-state index in [1.807, 2.05) is 26.0 Å². The first kappa shape index (κ1) is 19.8. The summed E-state index contributed by atoms with van der Waals surface area (Å²) in [6.45, 7) is 7.68. The molecule has 1 amide bonds. The second-order valence-electron chi connectivity index (χ2n) is 6.53. The van der Waals surface area contributed by atoms with Crippen molar-refractivity contribution in [2.45, 2.75) is 13.8 Å². The Bertz CT molecular complexity index is 1290. The molecule has 0 fully saturated rings. The van der Waals surface area contributed by atoms with Crippen molar-refractivity contribution in [1.82, 2.24) is 14.8 Å². The number of nitrogens with one attached hydrogen (secondary N) is 1. The van der Waals surface area contributed by atoms with Gasteiger partial charge in [-0.05, 0) is 43.2 Å². The number of nitro groups is 1. The quantitative estimate of drug-likeness (QED) is 0.294. The average molecular weight is 393 g/mol. The maximum Gasteiger partial charge on any atom is 0.282 e. The molecular weight excluding hydrogens is 374 g/mol. The number of carbonyl (C=O) groups is 1. The highest BCUT2D eigenvalue weighted by atomic mass is 16.6. The lowest BCUT2D eigenvalue weighted by molar-refractivity contribution is -0.385. The number of amides is 1. The van der Waals surface area contributed by atoms with Gasteiger partial charge in [0.2, 0.25) is 0 Å². The van der Waals surface area contributed by atoms with Gasteiger partial charge in [-0.25, -0.2) is 10.5 Å². The van der Waals surface area contributed by atoms with Gasteiger partial charge in [0.15, 0.2) is 0 Å². The maximum atomic E-state index is 12.8. The van der Waals surface area contributed by atoms with E-state index in [4.69, 9.17) is 5.84 Å². The summed E-state index contributed by atoms with van der Waals surface area (Å²) in [7, 11) is 0. The summed E-state index contributed by atoms with van der Waals surface area (Å²) in [6.07, 6.45) is 1.11. The van der Waals surface area contributed by atoms with Gasteiger partial charge in [-0.2, -0.15) is 0 Å². The molecule has 0 atom stereocenters. The fourth-order valence-corrected chi connectivity index (χ4v) is 2.83. The SMILES string of the molecule is C=c1[nH]n(-c2ccc(C)c(C)c2)c(=O)c1=CN(N)C(=O)c1ccccc1[N+](=O)[O-]. The zero-order valence-electron chi connectivity index (χ0n) is 15.9. The van der Waals surface area contributed by atoms with Crippen LogP contribution in [-0.4, -0.2) is 25.6 Å². The Morgan fingerprint density at radius 2 is 1.93 bits per heavy atom. The van der Waals surface area contributed by atoms with Crippen molar-refractivity contribution in [3.05, 3.63) is 90.2 Å². The van der Waals surface area contributed by atoms with Crippen LogP contribution in [0.4, 0.5) is 5.69 Å². The number of H-pyrrole nitrogens is 1. The van der Waals surface area contributed by atoms with Gasteiger partial charge >= 0.3 is 0 Å². The monoisotopic (exact) mass is 393 g/mol. The lowest BCUT2D eigenvalue weighted by atomic mass is 10.1. The van der Waals surface area contributed by atoms with Crippen LogP contribution in [0, 0.1) is 24.0 Å². The number of carbonyl (C=O) groups excluding carboxylic acids is 1. The minimum absolute atomic E-state index is 0.0673. The molecule has 0 bridgehead atoms. The molecule has 0 aliphatic heterocycles. The van der Waals surface area contributed by atoms with Gasteiger partial charge in [0.25, 0.3) is 17.2 Å². The number of aryl methyl sites for hydroxylation is 2. The lowest BCUT2D eigenvalue weighted by Crippen LogP contribution is -2.41. The Kier molecular flexibility index (Phi) is 5.16. The molecule has 3 N–H and O–H groups in total. The van der Waals surface area contributed by atoms with Crippen LogP contribution in [0.15, 0.2) is 47.3 Å². The number of rotatable bonds is 4. The van der Waals surface area contributed by atoms with Crippen LogP contribution >= 0.6 is 0 Å². The predicted molar refractivity (Wildman–Crippen MR) is 109 cm³/mol. The second kappa shape index (κ2) is 7.56. The molecular formula is C20H19N5O4. The van der Waals surface area contributed by atoms with Crippen LogP contribution in [0.5, 0.6) is 0 Å². The van der Waals surface area contributed by atoms with Crippen LogP contribution in [0.2, 0.25) is 0 Å². The van der Waals surface area contributed by atoms with E-state index in [1.54, 1.807) is 6.07 Å². The smallest absolute Gasteiger partial charge is 0.282 e. The molecule has 3 rings (SSSR count). The first-order chi connectivity index (χ1) is 13.7. The summed E-state index contributed by atoms with van der Waals surface area (Å²) >= 11 is 0. The number of hydrogen-bond acceptors (Lipinski definition) is 5. The standard InChI is InChI=1S/C20H19N5O4/c1-12-8-9-15(10-13(12)2)24-20(27)17(14(3)22-24)11-23(21)19(26)16-6-4-5-7-18(16)25(28)29/h4-11,22H,3,21H2,1-2H3. The molecule has 0 aliphatic carbocycles. The van der Waals surface area contributed by atoms with Crippen LogP contribution < -0.4 is 22.0 Å². The molecule has 0 unspecified atom stereocenters. The third-order valence-corrected chi connectivity index (χ3v) is 4.59. The average Bonchev–Trinajstić information content (AvgIpc) is 2.97. The van der Waals surface area contributed by atoms with Gasteiger partial charge in [-0.1, -0.05) is 24.8 Å². The number of hydrazine groups is 1. The first-order valence-electron chi connectivity index (χ1n) is 8.62. The van der Waals surface area contributed by atoms with Crippen molar-refractivity contribution in [3.63, 3.8) is 0 Å².